The van der Waals surface area contributed by atoms with Gasteiger partial charge >= 0.3 is 0 Å². The summed E-state index contributed by atoms with van der Waals surface area (Å²) in [4.78, 5) is 26.6. The van der Waals surface area contributed by atoms with E-state index in [1.54, 1.807) is 12.3 Å². The maximum atomic E-state index is 12.1. The Morgan fingerprint density at radius 1 is 1.43 bits per heavy atom. The number of nitro groups is 1. The maximum Gasteiger partial charge on any atom is 0.283 e. The van der Waals surface area contributed by atoms with Gasteiger partial charge in [0.05, 0.1) is 17.2 Å². The molecule has 1 heterocycles. The SMILES string of the molecule is Cc1cccnc1CNC(=O)c1ccc(Cl)cc1[N+](=O)[O-]. The Morgan fingerprint density at radius 2 is 2.19 bits per heavy atom. The van der Waals surface area contributed by atoms with Gasteiger partial charge < -0.3 is 5.32 Å². The number of amides is 1. The van der Waals surface area contributed by atoms with E-state index in [0.717, 1.165) is 11.6 Å². The molecule has 6 nitrogen and oxygen atoms in total. The number of rotatable bonds is 4. The van der Waals surface area contributed by atoms with Gasteiger partial charge in [0.2, 0.25) is 0 Å². The predicted molar refractivity (Wildman–Crippen MR) is 78.3 cm³/mol. The summed E-state index contributed by atoms with van der Waals surface area (Å²) in [6.07, 6.45) is 1.62. The first-order valence-corrected chi connectivity index (χ1v) is 6.49. The lowest BCUT2D eigenvalue weighted by Gasteiger charge is -2.07. The molecule has 1 aromatic carbocycles. The molecule has 0 saturated heterocycles. The zero-order valence-corrected chi connectivity index (χ0v) is 11.9. The monoisotopic (exact) mass is 305 g/mol. The van der Waals surface area contributed by atoms with E-state index in [9.17, 15) is 14.9 Å². The third-order valence-corrected chi connectivity index (χ3v) is 3.17. The van der Waals surface area contributed by atoms with Gasteiger partial charge in [-0.05, 0) is 30.7 Å². The Hall–Kier alpha value is -2.47. The van der Waals surface area contributed by atoms with Crippen molar-refractivity contribution in [2.45, 2.75) is 13.5 Å². The van der Waals surface area contributed by atoms with E-state index in [-0.39, 0.29) is 22.8 Å². The summed E-state index contributed by atoms with van der Waals surface area (Å²) in [5, 5.41) is 13.8. The zero-order chi connectivity index (χ0) is 15.4. The quantitative estimate of drug-likeness (QED) is 0.695. The van der Waals surface area contributed by atoms with Gasteiger partial charge in [-0.3, -0.25) is 19.9 Å². The van der Waals surface area contributed by atoms with Crippen molar-refractivity contribution < 1.29 is 9.72 Å². The van der Waals surface area contributed by atoms with Crippen molar-refractivity contribution in [1.29, 1.82) is 0 Å². The number of nitrogens with one attached hydrogen (secondary N) is 1. The van der Waals surface area contributed by atoms with Crippen LogP contribution >= 0.6 is 11.6 Å². The van der Waals surface area contributed by atoms with E-state index < -0.39 is 10.8 Å². The second-order valence-corrected chi connectivity index (χ2v) is 4.80. The number of aromatic nitrogens is 1. The van der Waals surface area contributed by atoms with E-state index in [1.165, 1.54) is 12.1 Å². The molecule has 108 valence electrons. The summed E-state index contributed by atoms with van der Waals surface area (Å²) in [5.74, 6) is -0.539. The summed E-state index contributed by atoms with van der Waals surface area (Å²) >= 11 is 5.71. The fourth-order valence-corrected chi connectivity index (χ4v) is 1.98. The number of aryl methyl sites for hydroxylation is 1. The van der Waals surface area contributed by atoms with Gasteiger partial charge in [0.15, 0.2) is 0 Å². The largest absolute Gasteiger partial charge is 0.346 e. The van der Waals surface area contributed by atoms with Gasteiger partial charge in [0.1, 0.15) is 5.56 Å². The van der Waals surface area contributed by atoms with Gasteiger partial charge in [-0.15, -0.1) is 0 Å². The third kappa shape index (κ3) is 3.55. The lowest BCUT2D eigenvalue weighted by molar-refractivity contribution is -0.385. The highest BCUT2D eigenvalue weighted by molar-refractivity contribution is 6.31. The van der Waals surface area contributed by atoms with Crippen molar-refractivity contribution in [1.82, 2.24) is 10.3 Å². The van der Waals surface area contributed by atoms with Crippen molar-refractivity contribution in [3.05, 3.63) is 68.5 Å². The molecular weight excluding hydrogens is 294 g/mol. The van der Waals surface area contributed by atoms with Gasteiger partial charge in [-0.2, -0.15) is 0 Å². The van der Waals surface area contributed by atoms with Crippen LogP contribution in [0.4, 0.5) is 5.69 Å². The molecule has 0 bridgehead atoms. The molecule has 1 aromatic heterocycles. The Balaban J connectivity index is 2.18. The predicted octanol–water partition coefficient (Wildman–Crippen LogP) is 2.88. The molecule has 0 aliphatic carbocycles. The van der Waals surface area contributed by atoms with Gasteiger partial charge in [-0.25, -0.2) is 0 Å². The number of nitro benzene ring substituents is 1. The van der Waals surface area contributed by atoms with Crippen LogP contribution in [0.2, 0.25) is 5.02 Å². The van der Waals surface area contributed by atoms with Gasteiger partial charge in [-0.1, -0.05) is 17.7 Å². The smallest absolute Gasteiger partial charge is 0.283 e. The van der Waals surface area contributed by atoms with Crippen molar-refractivity contribution in [3.63, 3.8) is 0 Å². The third-order valence-electron chi connectivity index (χ3n) is 2.94. The molecule has 2 aromatic rings. The van der Waals surface area contributed by atoms with Crippen LogP contribution in [0.5, 0.6) is 0 Å². The van der Waals surface area contributed by atoms with Gasteiger partial charge in [0.25, 0.3) is 11.6 Å². The van der Waals surface area contributed by atoms with Crippen molar-refractivity contribution in [2.75, 3.05) is 0 Å². The second-order valence-electron chi connectivity index (χ2n) is 4.37. The lowest BCUT2D eigenvalue weighted by atomic mass is 10.1. The standard InChI is InChI=1S/C14H12ClN3O3/c1-9-3-2-6-16-12(9)8-17-14(19)11-5-4-10(15)7-13(11)18(20)21/h2-7H,8H2,1H3,(H,17,19). The zero-order valence-electron chi connectivity index (χ0n) is 11.2. The van der Waals surface area contributed by atoms with Crippen molar-refractivity contribution in [3.8, 4) is 0 Å². The molecule has 21 heavy (non-hydrogen) atoms. The molecule has 1 N–H and O–H groups in total. The van der Waals surface area contributed by atoms with Crippen molar-refractivity contribution >= 4 is 23.2 Å². The second kappa shape index (κ2) is 6.32. The normalized spacial score (nSPS) is 10.2. The fraction of sp³-hybridized carbons (Fsp3) is 0.143. The van der Waals surface area contributed by atoms with Crippen LogP contribution in [0.1, 0.15) is 21.6 Å². The number of hydrogen-bond acceptors (Lipinski definition) is 4. The highest BCUT2D eigenvalue weighted by Gasteiger charge is 2.20. The van der Waals surface area contributed by atoms with Crippen LogP contribution in [0, 0.1) is 17.0 Å². The number of benzene rings is 1. The Labute approximate surface area is 125 Å². The first-order valence-electron chi connectivity index (χ1n) is 6.11. The van der Waals surface area contributed by atoms with Crippen LogP contribution in [0.3, 0.4) is 0 Å². The van der Waals surface area contributed by atoms with Crippen LogP contribution in [0.25, 0.3) is 0 Å². The van der Waals surface area contributed by atoms with E-state index in [4.69, 9.17) is 11.6 Å². The van der Waals surface area contributed by atoms with E-state index in [0.29, 0.717) is 5.69 Å². The topological polar surface area (TPSA) is 85.1 Å². The Kier molecular flexibility index (Phi) is 4.49. The minimum atomic E-state index is -0.632. The summed E-state index contributed by atoms with van der Waals surface area (Å²) in [6.45, 7) is 2.07. The summed E-state index contributed by atoms with van der Waals surface area (Å²) in [6, 6.07) is 7.60. The Bertz CT molecular complexity index is 704. The number of carbonyl (C=O) groups is 1. The number of nitrogens with zero attached hydrogens (tertiary/aromatic N) is 2. The molecule has 7 heteroatoms. The van der Waals surface area contributed by atoms with E-state index in [2.05, 4.69) is 10.3 Å². The molecular formula is C14H12ClN3O3. The van der Waals surface area contributed by atoms with Gasteiger partial charge in [0, 0.05) is 17.3 Å². The molecule has 0 saturated carbocycles. The average molecular weight is 306 g/mol. The molecule has 0 atom stereocenters. The number of carbonyl (C=O) groups excluding carboxylic acids is 1. The van der Waals surface area contributed by atoms with Crippen LogP contribution < -0.4 is 5.32 Å². The lowest BCUT2D eigenvalue weighted by Crippen LogP contribution is -2.24. The van der Waals surface area contributed by atoms with Crippen molar-refractivity contribution in [2.24, 2.45) is 0 Å². The van der Waals surface area contributed by atoms with Crippen LogP contribution in [-0.2, 0) is 6.54 Å². The van der Waals surface area contributed by atoms with E-state index >= 15 is 0 Å². The summed E-state index contributed by atoms with van der Waals surface area (Å²) < 4.78 is 0. The summed E-state index contributed by atoms with van der Waals surface area (Å²) in [7, 11) is 0. The number of halogens is 1. The number of hydrogen-bond donors (Lipinski definition) is 1. The summed E-state index contributed by atoms with van der Waals surface area (Å²) in [5.41, 5.74) is 1.29. The molecule has 0 aliphatic rings. The highest BCUT2D eigenvalue weighted by Crippen LogP contribution is 2.23. The first-order chi connectivity index (χ1) is 9.99. The first kappa shape index (κ1) is 14.9. The minimum absolute atomic E-state index is 0.0296. The average Bonchev–Trinajstić information content (AvgIpc) is 2.46. The maximum absolute atomic E-state index is 12.1. The number of pyridine rings is 1. The molecule has 2 rings (SSSR count). The fourth-order valence-electron chi connectivity index (χ4n) is 1.81. The highest BCUT2D eigenvalue weighted by atomic mass is 35.5. The molecule has 0 aliphatic heterocycles. The molecule has 0 fully saturated rings. The van der Waals surface area contributed by atoms with E-state index in [1.807, 2.05) is 13.0 Å². The minimum Gasteiger partial charge on any atom is -0.346 e. The molecule has 0 unspecified atom stereocenters. The van der Waals surface area contributed by atoms with Crippen LogP contribution in [-0.4, -0.2) is 15.8 Å². The molecule has 0 radical (unpaired) electrons. The molecule has 1 amide bonds. The van der Waals surface area contributed by atoms with Crippen LogP contribution in [0.15, 0.2) is 36.5 Å². The Morgan fingerprint density at radius 3 is 2.86 bits per heavy atom. The molecule has 0 spiro atoms.